The average molecular weight is 301 g/mol. The molecule has 0 bridgehead atoms. The van der Waals surface area contributed by atoms with Crippen LogP contribution in [0, 0.1) is 0 Å². The normalized spacial score (nSPS) is 24.3. The van der Waals surface area contributed by atoms with Crippen LogP contribution in [-0.2, 0) is 5.88 Å². The number of alkyl halides is 1. The molecule has 6 heteroatoms. The molecule has 0 aliphatic carbocycles. The fourth-order valence-electron chi connectivity index (χ4n) is 3.12. The van der Waals surface area contributed by atoms with Gasteiger partial charge in [0, 0.05) is 31.2 Å². The Morgan fingerprint density at radius 1 is 1.21 bits per heavy atom. The van der Waals surface area contributed by atoms with Crippen molar-refractivity contribution in [3.8, 4) is 0 Å². The molecule has 3 rings (SSSR count). The molecule has 2 aliphatic rings. The van der Waals surface area contributed by atoms with Gasteiger partial charge in [0.1, 0.15) is 17.3 Å². The van der Waals surface area contributed by atoms with Gasteiger partial charge in [0.2, 0.25) is 0 Å². The molecule has 2 aliphatic heterocycles. The number of aromatic nitrogens is 2. The number of halogens is 2. The minimum absolute atomic E-state index is 0.361. The number of hydrogen-bond acceptors (Lipinski definition) is 4. The Balaban J connectivity index is 1.81. The van der Waals surface area contributed by atoms with Gasteiger partial charge in [-0.1, -0.05) is 18.0 Å². The number of anilines is 1. The molecule has 0 amide bonds. The second kappa shape index (κ2) is 5.81. The third-order valence-corrected chi connectivity index (χ3v) is 4.73. The topological polar surface area (TPSA) is 32.3 Å². The molecule has 2 saturated heterocycles. The molecule has 19 heavy (non-hydrogen) atoms. The van der Waals surface area contributed by atoms with E-state index in [1.807, 2.05) is 0 Å². The first kappa shape index (κ1) is 13.4. The Morgan fingerprint density at radius 3 is 2.95 bits per heavy atom. The third-order valence-electron chi connectivity index (χ3n) is 4.14. The van der Waals surface area contributed by atoms with Gasteiger partial charge in [-0.15, -0.1) is 11.6 Å². The third kappa shape index (κ3) is 2.67. The van der Waals surface area contributed by atoms with Crippen LogP contribution in [0.25, 0.3) is 0 Å². The highest BCUT2D eigenvalue weighted by molar-refractivity contribution is 6.31. The van der Waals surface area contributed by atoms with E-state index in [0.717, 1.165) is 31.0 Å². The summed E-state index contributed by atoms with van der Waals surface area (Å²) in [5, 5.41) is 0.478. The highest BCUT2D eigenvalue weighted by Gasteiger charge is 2.30. The Hall–Kier alpha value is -0.580. The van der Waals surface area contributed by atoms with Crippen molar-refractivity contribution in [2.75, 3.05) is 31.1 Å². The zero-order valence-electron chi connectivity index (χ0n) is 10.9. The maximum atomic E-state index is 6.11. The Labute approximate surface area is 123 Å². The molecule has 4 nitrogen and oxygen atoms in total. The van der Waals surface area contributed by atoms with Gasteiger partial charge in [-0.2, -0.15) is 0 Å². The minimum Gasteiger partial charge on any atom is -0.353 e. The van der Waals surface area contributed by atoms with E-state index in [4.69, 9.17) is 23.2 Å². The van der Waals surface area contributed by atoms with Crippen LogP contribution < -0.4 is 4.90 Å². The molecule has 2 fully saturated rings. The maximum Gasteiger partial charge on any atom is 0.138 e. The highest BCUT2D eigenvalue weighted by atomic mass is 35.5. The van der Waals surface area contributed by atoms with E-state index in [9.17, 15) is 0 Å². The Bertz CT molecular complexity index is 454. The number of nitrogens with zero attached hydrogens (tertiary/aromatic N) is 4. The lowest BCUT2D eigenvalue weighted by Gasteiger charge is -2.44. The molecule has 0 radical (unpaired) electrons. The molecular formula is C13H18Cl2N4. The lowest BCUT2D eigenvalue weighted by atomic mass is 9.99. The van der Waals surface area contributed by atoms with Crippen molar-refractivity contribution < 1.29 is 0 Å². The van der Waals surface area contributed by atoms with E-state index in [2.05, 4.69) is 19.8 Å². The summed E-state index contributed by atoms with van der Waals surface area (Å²) in [7, 11) is 0. The van der Waals surface area contributed by atoms with Gasteiger partial charge >= 0.3 is 0 Å². The van der Waals surface area contributed by atoms with Crippen LogP contribution in [0.15, 0.2) is 6.33 Å². The molecule has 1 atom stereocenters. The van der Waals surface area contributed by atoms with Crippen molar-refractivity contribution in [2.45, 2.75) is 31.2 Å². The first-order valence-corrected chi connectivity index (χ1v) is 7.75. The average Bonchev–Trinajstić information content (AvgIpc) is 2.46. The van der Waals surface area contributed by atoms with Crippen LogP contribution in [0.4, 0.5) is 5.82 Å². The van der Waals surface area contributed by atoms with Crippen molar-refractivity contribution in [3.05, 3.63) is 17.0 Å². The summed E-state index contributed by atoms with van der Waals surface area (Å²) in [6.07, 6.45) is 5.48. The summed E-state index contributed by atoms with van der Waals surface area (Å²) < 4.78 is 0. The van der Waals surface area contributed by atoms with Gasteiger partial charge in [0.15, 0.2) is 0 Å². The van der Waals surface area contributed by atoms with Gasteiger partial charge in [-0.3, -0.25) is 4.90 Å². The highest BCUT2D eigenvalue weighted by Crippen LogP contribution is 2.29. The van der Waals surface area contributed by atoms with Crippen LogP contribution in [0.5, 0.6) is 0 Å². The first-order valence-electron chi connectivity index (χ1n) is 6.84. The minimum atomic E-state index is 0.361. The van der Waals surface area contributed by atoms with Crippen molar-refractivity contribution >= 4 is 29.0 Å². The summed E-state index contributed by atoms with van der Waals surface area (Å²) in [6.45, 7) is 4.37. The van der Waals surface area contributed by atoms with Crippen molar-refractivity contribution in [1.82, 2.24) is 14.9 Å². The van der Waals surface area contributed by atoms with Crippen molar-refractivity contribution in [2.24, 2.45) is 0 Å². The summed E-state index contributed by atoms with van der Waals surface area (Å²) in [5.74, 6) is 1.28. The fraction of sp³-hybridized carbons (Fsp3) is 0.692. The molecule has 1 aromatic heterocycles. The van der Waals surface area contributed by atoms with Crippen LogP contribution in [0.3, 0.4) is 0 Å². The van der Waals surface area contributed by atoms with E-state index in [1.54, 1.807) is 0 Å². The van der Waals surface area contributed by atoms with E-state index in [1.165, 1.54) is 32.1 Å². The lowest BCUT2D eigenvalue weighted by Crippen LogP contribution is -2.55. The van der Waals surface area contributed by atoms with E-state index in [0.29, 0.717) is 17.1 Å². The second-order valence-electron chi connectivity index (χ2n) is 5.23. The first-order chi connectivity index (χ1) is 9.29. The number of hydrogen-bond donors (Lipinski definition) is 0. The van der Waals surface area contributed by atoms with Crippen LogP contribution in [0.2, 0.25) is 5.15 Å². The zero-order chi connectivity index (χ0) is 13.2. The van der Waals surface area contributed by atoms with E-state index >= 15 is 0 Å². The largest absolute Gasteiger partial charge is 0.353 e. The zero-order valence-corrected chi connectivity index (χ0v) is 12.4. The Morgan fingerprint density at radius 2 is 2.11 bits per heavy atom. The SMILES string of the molecule is ClCc1c(Cl)ncnc1N1CCN2CCCCC2C1. The maximum absolute atomic E-state index is 6.11. The Kier molecular flexibility index (Phi) is 4.10. The monoisotopic (exact) mass is 300 g/mol. The van der Waals surface area contributed by atoms with Gasteiger partial charge < -0.3 is 4.90 Å². The predicted octanol–water partition coefficient (Wildman–Crippen LogP) is 2.54. The summed E-state index contributed by atoms with van der Waals surface area (Å²) >= 11 is 12.1. The van der Waals surface area contributed by atoms with Crippen LogP contribution in [-0.4, -0.2) is 47.1 Å². The molecule has 104 valence electrons. The van der Waals surface area contributed by atoms with Gasteiger partial charge in [-0.25, -0.2) is 9.97 Å². The van der Waals surface area contributed by atoms with Crippen molar-refractivity contribution in [3.63, 3.8) is 0 Å². The quantitative estimate of drug-likeness (QED) is 0.621. The number of fused-ring (bicyclic) bond motifs is 1. The van der Waals surface area contributed by atoms with E-state index < -0.39 is 0 Å². The smallest absolute Gasteiger partial charge is 0.138 e. The lowest BCUT2D eigenvalue weighted by molar-refractivity contribution is 0.133. The summed E-state index contributed by atoms with van der Waals surface area (Å²) in [5.41, 5.74) is 0.857. The van der Waals surface area contributed by atoms with Gasteiger partial charge in [0.05, 0.1) is 5.88 Å². The van der Waals surface area contributed by atoms with E-state index in [-0.39, 0.29) is 0 Å². The molecule has 3 heterocycles. The predicted molar refractivity (Wildman–Crippen MR) is 78.0 cm³/mol. The van der Waals surface area contributed by atoms with Crippen molar-refractivity contribution in [1.29, 1.82) is 0 Å². The molecule has 0 spiro atoms. The van der Waals surface area contributed by atoms with Crippen LogP contribution in [0.1, 0.15) is 24.8 Å². The van der Waals surface area contributed by atoms with Gasteiger partial charge in [0.25, 0.3) is 0 Å². The fourth-order valence-corrected chi connectivity index (χ4v) is 3.63. The molecule has 1 aromatic rings. The standard InChI is InChI=1S/C13H18Cl2N4/c14-7-11-12(15)16-9-17-13(11)19-6-5-18-4-2-1-3-10(18)8-19/h9-10H,1-8H2. The molecular weight excluding hydrogens is 283 g/mol. The number of piperazine rings is 1. The molecule has 0 saturated carbocycles. The van der Waals surface area contributed by atoms with Gasteiger partial charge in [-0.05, 0) is 19.4 Å². The summed E-state index contributed by atoms with van der Waals surface area (Å²) in [6, 6.07) is 0.652. The molecule has 0 aromatic carbocycles. The summed E-state index contributed by atoms with van der Waals surface area (Å²) in [4.78, 5) is 13.3. The molecule has 1 unspecified atom stereocenters. The number of rotatable bonds is 2. The van der Waals surface area contributed by atoms with Crippen LogP contribution >= 0.6 is 23.2 Å². The second-order valence-corrected chi connectivity index (χ2v) is 5.86. The number of piperidine rings is 1. The molecule has 0 N–H and O–H groups in total.